The molecule has 4 unspecified atom stereocenters. The van der Waals surface area contributed by atoms with Gasteiger partial charge in [-0.25, -0.2) is 0 Å². The maximum atomic E-state index is 5.88. The molecule has 0 aromatic heterocycles. The van der Waals surface area contributed by atoms with Crippen molar-refractivity contribution in [2.24, 2.45) is 5.92 Å². The van der Waals surface area contributed by atoms with Crippen LogP contribution in [0, 0.1) is 5.92 Å². The van der Waals surface area contributed by atoms with Crippen LogP contribution in [-0.2, 0) is 4.74 Å². The van der Waals surface area contributed by atoms with Crippen molar-refractivity contribution >= 4 is 0 Å². The van der Waals surface area contributed by atoms with E-state index in [1.165, 1.54) is 24.8 Å². The van der Waals surface area contributed by atoms with Crippen LogP contribution in [0.1, 0.15) is 32.6 Å². The van der Waals surface area contributed by atoms with E-state index in [9.17, 15) is 0 Å². The van der Waals surface area contributed by atoms with Crippen LogP contribution >= 0.6 is 0 Å². The summed E-state index contributed by atoms with van der Waals surface area (Å²) >= 11 is 0. The van der Waals surface area contributed by atoms with Gasteiger partial charge in [-0.1, -0.05) is 5.57 Å². The molecule has 2 saturated heterocycles. The van der Waals surface area contributed by atoms with Crippen LogP contribution in [0.2, 0.25) is 0 Å². The smallest absolute Gasteiger partial charge is 0.0623 e. The summed E-state index contributed by atoms with van der Waals surface area (Å²) in [4.78, 5) is 0. The van der Waals surface area contributed by atoms with Crippen molar-refractivity contribution in [1.82, 2.24) is 5.32 Å². The van der Waals surface area contributed by atoms with E-state index in [4.69, 9.17) is 4.74 Å². The van der Waals surface area contributed by atoms with Crippen molar-refractivity contribution < 1.29 is 4.74 Å². The van der Waals surface area contributed by atoms with Gasteiger partial charge >= 0.3 is 0 Å². The molecular weight excluding hydrogens is 174 g/mol. The number of hydrogen-bond acceptors (Lipinski definition) is 2. The van der Waals surface area contributed by atoms with Gasteiger partial charge in [0.1, 0.15) is 0 Å². The SMILES string of the molecule is C=C(C)CC(NC)C1CC2CCC1O2. The highest BCUT2D eigenvalue weighted by Gasteiger charge is 2.43. The Morgan fingerprint density at radius 3 is 2.79 bits per heavy atom. The minimum Gasteiger partial charge on any atom is -0.375 e. The highest BCUT2D eigenvalue weighted by Crippen LogP contribution is 2.41. The van der Waals surface area contributed by atoms with E-state index in [2.05, 4.69) is 25.9 Å². The van der Waals surface area contributed by atoms with E-state index in [1.807, 2.05) is 0 Å². The second-order valence-electron chi connectivity index (χ2n) is 4.83. The number of nitrogens with one attached hydrogen (secondary N) is 1. The Balaban J connectivity index is 1.95. The van der Waals surface area contributed by atoms with Crippen LogP contribution in [0.3, 0.4) is 0 Å². The third kappa shape index (κ3) is 1.86. The molecule has 0 radical (unpaired) electrons. The van der Waals surface area contributed by atoms with E-state index >= 15 is 0 Å². The maximum Gasteiger partial charge on any atom is 0.0623 e. The zero-order valence-electron chi connectivity index (χ0n) is 9.25. The summed E-state index contributed by atoms with van der Waals surface area (Å²) in [6.45, 7) is 6.11. The van der Waals surface area contributed by atoms with Gasteiger partial charge in [-0.15, -0.1) is 6.58 Å². The number of ether oxygens (including phenoxy) is 1. The molecule has 2 nitrogen and oxygen atoms in total. The van der Waals surface area contributed by atoms with Gasteiger partial charge in [-0.2, -0.15) is 0 Å². The summed E-state index contributed by atoms with van der Waals surface area (Å²) in [6.07, 6.45) is 5.98. The van der Waals surface area contributed by atoms with Gasteiger partial charge in [-0.05, 0) is 39.7 Å². The summed E-state index contributed by atoms with van der Waals surface area (Å²) in [5.74, 6) is 0.718. The summed E-state index contributed by atoms with van der Waals surface area (Å²) in [5.41, 5.74) is 1.27. The lowest BCUT2D eigenvalue weighted by Crippen LogP contribution is -2.38. The Morgan fingerprint density at radius 2 is 2.36 bits per heavy atom. The summed E-state index contributed by atoms with van der Waals surface area (Å²) < 4.78 is 5.88. The minimum absolute atomic E-state index is 0.525. The van der Waals surface area contributed by atoms with Gasteiger partial charge < -0.3 is 10.1 Å². The van der Waals surface area contributed by atoms with Crippen molar-refractivity contribution in [3.8, 4) is 0 Å². The molecule has 4 atom stereocenters. The molecule has 0 spiro atoms. The van der Waals surface area contributed by atoms with Crippen LogP contribution in [-0.4, -0.2) is 25.3 Å². The lowest BCUT2D eigenvalue weighted by Gasteiger charge is -2.28. The standard InChI is InChI=1S/C12H21NO/c1-8(2)6-11(13-3)10-7-9-4-5-12(10)14-9/h9-13H,1,4-7H2,2-3H3. The van der Waals surface area contributed by atoms with Gasteiger partial charge in [0.2, 0.25) is 0 Å². The first-order chi connectivity index (χ1) is 6.70. The second kappa shape index (κ2) is 4.03. The molecule has 0 aromatic rings. The quantitative estimate of drug-likeness (QED) is 0.694. The van der Waals surface area contributed by atoms with E-state index in [0.29, 0.717) is 18.2 Å². The Morgan fingerprint density at radius 1 is 1.57 bits per heavy atom. The first-order valence-electron chi connectivity index (χ1n) is 5.68. The molecular formula is C12H21NO. The van der Waals surface area contributed by atoms with Crippen LogP contribution in [0.5, 0.6) is 0 Å². The molecule has 14 heavy (non-hydrogen) atoms. The highest BCUT2D eigenvalue weighted by molar-refractivity contribution is 5.00. The average Bonchev–Trinajstić information content (AvgIpc) is 2.74. The number of fused-ring (bicyclic) bond motifs is 2. The van der Waals surface area contributed by atoms with Crippen LogP contribution in [0.4, 0.5) is 0 Å². The average molecular weight is 195 g/mol. The first-order valence-corrected chi connectivity index (χ1v) is 5.68. The summed E-state index contributed by atoms with van der Waals surface area (Å²) in [7, 11) is 2.06. The number of hydrogen-bond donors (Lipinski definition) is 1. The fourth-order valence-corrected chi connectivity index (χ4v) is 2.94. The minimum atomic E-state index is 0.525. The predicted octanol–water partition coefficient (Wildman–Crippen LogP) is 2.11. The van der Waals surface area contributed by atoms with Crippen molar-refractivity contribution in [3.63, 3.8) is 0 Å². The van der Waals surface area contributed by atoms with E-state index in [0.717, 1.165) is 12.3 Å². The fraction of sp³-hybridized carbons (Fsp3) is 0.833. The molecule has 0 aromatic carbocycles. The molecule has 2 aliphatic rings. The molecule has 2 fully saturated rings. The zero-order chi connectivity index (χ0) is 10.1. The third-order valence-electron chi connectivity index (χ3n) is 3.61. The fourth-order valence-electron chi connectivity index (χ4n) is 2.94. The Hall–Kier alpha value is -0.340. The normalized spacial score (nSPS) is 37.4. The molecule has 2 heteroatoms. The zero-order valence-corrected chi connectivity index (χ0v) is 9.25. The molecule has 0 saturated carbocycles. The monoisotopic (exact) mass is 195 g/mol. The summed E-state index contributed by atoms with van der Waals surface area (Å²) in [6, 6.07) is 0.572. The molecule has 2 rings (SSSR count). The van der Waals surface area contributed by atoms with E-state index in [-0.39, 0.29) is 0 Å². The van der Waals surface area contributed by atoms with Crippen LogP contribution in [0.25, 0.3) is 0 Å². The first kappa shape index (κ1) is 10.2. The third-order valence-corrected chi connectivity index (χ3v) is 3.61. The van der Waals surface area contributed by atoms with Gasteiger partial charge in [0.05, 0.1) is 12.2 Å². The van der Waals surface area contributed by atoms with Gasteiger partial charge in [0.25, 0.3) is 0 Å². The highest BCUT2D eigenvalue weighted by atomic mass is 16.5. The van der Waals surface area contributed by atoms with Crippen molar-refractivity contribution in [3.05, 3.63) is 12.2 Å². The Bertz CT molecular complexity index is 226. The summed E-state index contributed by atoms with van der Waals surface area (Å²) in [5, 5.41) is 3.42. The topological polar surface area (TPSA) is 21.3 Å². The molecule has 2 heterocycles. The maximum absolute atomic E-state index is 5.88. The lowest BCUT2D eigenvalue weighted by molar-refractivity contribution is 0.0863. The molecule has 2 aliphatic heterocycles. The van der Waals surface area contributed by atoms with Gasteiger partial charge in [0, 0.05) is 12.0 Å². The number of rotatable bonds is 4. The van der Waals surface area contributed by atoms with Gasteiger partial charge in [0.15, 0.2) is 0 Å². The van der Waals surface area contributed by atoms with Crippen molar-refractivity contribution in [2.45, 2.75) is 50.9 Å². The van der Waals surface area contributed by atoms with Crippen LogP contribution in [0.15, 0.2) is 12.2 Å². The molecule has 0 amide bonds. The van der Waals surface area contributed by atoms with Crippen molar-refractivity contribution in [1.29, 1.82) is 0 Å². The predicted molar refractivity (Wildman–Crippen MR) is 58.3 cm³/mol. The Kier molecular flexibility index (Phi) is 2.93. The largest absolute Gasteiger partial charge is 0.375 e. The van der Waals surface area contributed by atoms with Crippen LogP contribution < -0.4 is 5.32 Å². The van der Waals surface area contributed by atoms with E-state index < -0.39 is 0 Å². The van der Waals surface area contributed by atoms with Gasteiger partial charge in [-0.3, -0.25) is 0 Å². The molecule has 0 aliphatic carbocycles. The molecule has 1 N–H and O–H groups in total. The molecule has 2 bridgehead atoms. The van der Waals surface area contributed by atoms with Crippen molar-refractivity contribution in [2.75, 3.05) is 7.05 Å². The molecule has 80 valence electrons. The van der Waals surface area contributed by atoms with E-state index in [1.54, 1.807) is 0 Å². The second-order valence-corrected chi connectivity index (χ2v) is 4.83. The lowest BCUT2D eigenvalue weighted by atomic mass is 9.82. The Labute approximate surface area is 86.7 Å².